The van der Waals surface area contributed by atoms with Crippen LogP contribution in [0.2, 0.25) is 0 Å². The van der Waals surface area contributed by atoms with Crippen LogP contribution in [0.15, 0.2) is 0 Å². The van der Waals surface area contributed by atoms with Crippen LogP contribution in [0.5, 0.6) is 0 Å². The largest absolute Gasteiger partial charge is 0.300 e. The minimum atomic E-state index is 0.577. The fraction of sp³-hybridized carbons (Fsp3) is 1.00. The van der Waals surface area contributed by atoms with Crippen molar-refractivity contribution < 1.29 is 0 Å². The second-order valence-corrected chi connectivity index (χ2v) is 8.03. The summed E-state index contributed by atoms with van der Waals surface area (Å²) in [5.74, 6) is 0. The van der Waals surface area contributed by atoms with Crippen LogP contribution < -0.4 is 0 Å². The smallest absolute Gasteiger partial charge is 0.0223 e. The van der Waals surface area contributed by atoms with Gasteiger partial charge in [-0.15, -0.1) is 0 Å². The SMILES string of the molecule is BrCC1(CN2CCN3CCCCC3C2)CCCCCC1. The Morgan fingerprint density at radius 2 is 1.70 bits per heavy atom. The molecule has 1 saturated carbocycles. The van der Waals surface area contributed by atoms with E-state index in [0.29, 0.717) is 5.41 Å². The van der Waals surface area contributed by atoms with Crippen LogP contribution in [0.1, 0.15) is 57.8 Å². The van der Waals surface area contributed by atoms with E-state index in [-0.39, 0.29) is 0 Å². The van der Waals surface area contributed by atoms with Gasteiger partial charge in [0.1, 0.15) is 0 Å². The van der Waals surface area contributed by atoms with Gasteiger partial charge in [-0.2, -0.15) is 0 Å². The average Bonchev–Trinajstić information content (AvgIpc) is 2.73. The van der Waals surface area contributed by atoms with Gasteiger partial charge in [0.15, 0.2) is 0 Å². The van der Waals surface area contributed by atoms with Gasteiger partial charge in [-0.25, -0.2) is 0 Å². The third-order valence-electron chi connectivity index (χ3n) is 5.93. The van der Waals surface area contributed by atoms with Crippen molar-refractivity contribution in [1.82, 2.24) is 9.80 Å². The molecule has 1 unspecified atom stereocenters. The van der Waals surface area contributed by atoms with Crippen molar-refractivity contribution in [2.75, 3.05) is 38.1 Å². The summed E-state index contributed by atoms with van der Waals surface area (Å²) in [6, 6.07) is 0.871. The molecule has 1 aliphatic carbocycles. The molecule has 2 nitrogen and oxygen atoms in total. The Hall–Kier alpha value is 0.400. The molecule has 2 saturated heterocycles. The van der Waals surface area contributed by atoms with Gasteiger partial charge in [-0.3, -0.25) is 9.80 Å². The molecule has 1 atom stereocenters. The maximum absolute atomic E-state index is 3.86. The molecule has 0 bridgehead atoms. The van der Waals surface area contributed by atoms with Gasteiger partial charge < -0.3 is 0 Å². The number of rotatable bonds is 3. The molecule has 2 aliphatic heterocycles. The van der Waals surface area contributed by atoms with E-state index in [1.54, 1.807) is 0 Å². The van der Waals surface area contributed by atoms with Crippen molar-refractivity contribution in [3.8, 4) is 0 Å². The highest BCUT2D eigenvalue weighted by atomic mass is 79.9. The normalized spacial score (nSPS) is 32.5. The van der Waals surface area contributed by atoms with Gasteiger partial charge in [0, 0.05) is 37.6 Å². The van der Waals surface area contributed by atoms with E-state index >= 15 is 0 Å². The number of hydrogen-bond acceptors (Lipinski definition) is 2. The highest BCUT2D eigenvalue weighted by Gasteiger charge is 2.35. The van der Waals surface area contributed by atoms with Gasteiger partial charge in [0.2, 0.25) is 0 Å². The first-order valence-corrected chi connectivity index (χ1v) is 9.96. The summed E-state index contributed by atoms with van der Waals surface area (Å²) in [6.07, 6.45) is 13.1. The van der Waals surface area contributed by atoms with Gasteiger partial charge in [-0.05, 0) is 37.6 Å². The average molecular weight is 343 g/mol. The quantitative estimate of drug-likeness (QED) is 0.567. The molecule has 116 valence electrons. The lowest BCUT2D eigenvalue weighted by Crippen LogP contribution is -2.56. The Morgan fingerprint density at radius 3 is 2.45 bits per heavy atom. The van der Waals surface area contributed by atoms with Crippen molar-refractivity contribution in [3.05, 3.63) is 0 Å². The van der Waals surface area contributed by atoms with Crippen LogP contribution in [-0.4, -0.2) is 53.9 Å². The Bertz CT molecular complexity index is 299. The van der Waals surface area contributed by atoms with Gasteiger partial charge in [-0.1, -0.05) is 48.0 Å². The second-order valence-electron chi connectivity index (χ2n) is 7.47. The molecule has 3 fully saturated rings. The summed E-state index contributed by atoms with van der Waals surface area (Å²) in [6.45, 7) is 6.69. The molecule has 0 aromatic heterocycles. The van der Waals surface area contributed by atoms with Crippen LogP contribution in [0.4, 0.5) is 0 Å². The number of fused-ring (bicyclic) bond motifs is 1. The topological polar surface area (TPSA) is 6.48 Å². The van der Waals surface area contributed by atoms with Crippen LogP contribution in [0.25, 0.3) is 0 Å². The molecule has 2 heterocycles. The van der Waals surface area contributed by atoms with E-state index < -0.39 is 0 Å². The lowest BCUT2D eigenvalue weighted by molar-refractivity contribution is 0.0268. The summed E-state index contributed by atoms with van der Waals surface area (Å²) in [5.41, 5.74) is 0.577. The molecular weight excluding hydrogens is 312 g/mol. The van der Waals surface area contributed by atoms with Crippen molar-refractivity contribution in [2.24, 2.45) is 5.41 Å². The summed E-state index contributed by atoms with van der Waals surface area (Å²) in [7, 11) is 0. The summed E-state index contributed by atoms with van der Waals surface area (Å²) in [5, 5.41) is 1.21. The molecule has 0 N–H and O–H groups in total. The zero-order chi connectivity index (χ0) is 13.8. The first-order valence-electron chi connectivity index (χ1n) is 8.84. The molecule has 0 aromatic carbocycles. The summed E-state index contributed by atoms with van der Waals surface area (Å²) < 4.78 is 0. The van der Waals surface area contributed by atoms with Crippen LogP contribution in [0, 0.1) is 5.41 Å². The van der Waals surface area contributed by atoms with Crippen molar-refractivity contribution in [3.63, 3.8) is 0 Å². The first kappa shape index (κ1) is 15.3. The fourth-order valence-electron chi connectivity index (χ4n) is 4.65. The lowest BCUT2D eigenvalue weighted by atomic mass is 9.81. The number of nitrogens with zero attached hydrogens (tertiary/aromatic N) is 2. The fourth-order valence-corrected chi connectivity index (χ4v) is 5.39. The van der Waals surface area contributed by atoms with E-state index in [4.69, 9.17) is 0 Å². The molecule has 3 heteroatoms. The van der Waals surface area contributed by atoms with Crippen molar-refractivity contribution in [1.29, 1.82) is 0 Å². The first-order chi connectivity index (χ1) is 9.81. The van der Waals surface area contributed by atoms with E-state index in [9.17, 15) is 0 Å². The van der Waals surface area contributed by atoms with E-state index in [1.807, 2.05) is 0 Å². The number of hydrogen-bond donors (Lipinski definition) is 0. The zero-order valence-electron chi connectivity index (χ0n) is 13.0. The second kappa shape index (κ2) is 7.11. The molecular formula is C17H31BrN2. The van der Waals surface area contributed by atoms with Crippen molar-refractivity contribution in [2.45, 2.75) is 63.8 Å². The third-order valence-corrected chi connectivity index (χ3v) is 7.12. The Balaban J connectivity index is 1.58. The van der Waals surface area contributed by atoms with Crippen LogP contribution >= 0.6 is 15.9 Å². The molecule has 3 rings (SSSR count). The number of piperidine rings is 1. The van der Waals surface area contributed by atoms with E-state index in [2.05, 4.69) is 25.7 Å². The monoisotopic (exact) mass is 342 g/mol. The number of alkyl halides is 1. The predicted molar refractivity (Wildman–Crippen MR) is 89.6 cm³/mol. The maximum Gasteiger partial charge on any atom is 0.0223 e. The molecule has 20 heavy (non-hydrogen) atoms. The Kier molecular flexibility index (Phi) is 5.44. The van der Waals surface area contributed by atoms with Gasteiger partial charge >= 0.3 is 0 Å². The van der Waals surface area contributed by atoms with Crippen LogP contribution in [0.3, 0.4) is 0 Å². The van der Waals surface area contributed by atoms with E-state index in [0.717, 1.165) is 6.04 Å². The molecule has 0 radical (unpaired) electrons. The Labute approximate surface area is 133 Å². The van der Waals surface area contributed by atoms with Crippen LogP contribution in [-0.2, 0) is 0 Å². The third kappa shape index (κ3) is 3.59. The minimum Gasteiger partial charge on any atom is -0.300 e. The molecule has 0 spiro atoms. The van der Waals surface area contributed by atoms with E-state index in [1.165, 1.54) is 95.8 Å². The predicted octanol–water partition coefficient (Wildman–Crippen LogP) is 3.89. The molecule has 0 amide bonds. The lowest BCUT2D eigenvalue weighted by Gasteiger charge is -2.47. The summed E-state index contributed by atoms with van der Waals surface area (Å²) in [4.78, 5) is 5.56. The van der Waals surface area contributed by atoms with Gasteiger partial charge in [0.25, 0.3) is 0 Å². The zero-order valence-corrected chi connectivity index (χ0v) is 14.5. The molecule has 3 aliphatic rings. The molecule has 0 aromatic rings. The highest BCUT2D eigenvalue weighted by molar-refractivity contribution is 9.09. The van der Waals surface area contributed by atoms with Crippen molar-refractivity contribution >= 4 is 15.9 Å². The highest BCUT2D eigenvalue weighted by Crippen LogP contribution is 2.38. The Morgan fingerprint density at radius 1 is 0.900 bits per heavy atom. The minimum absolute atomic E-state index is 0.577. The summed E-state index contributed by atoms with van der Waals surface area (Å²) >= 11 is 3.86. The number of halogens is 1. The van der Waals surface area contributed by atoms with Gasteiger partial charge in [0.05, 0.1) is 0 Å². The standard InChI is InChI=1S/C17H31BrN2/c18-14-17(8-4-1-2-5-9-17)15-19-11-12-20-10-6-3-7-16(20)13-19/h16H,1-15H2. The number of piperazine rings is 1. The maximum atomic E-state index is 3.86.